The summed E-state index contributed by atoms with van der Waals surface area (Å²) in [4.78, 5) is 13.9. The Hall–Kier alpha value is -1.53. The van der Waals surface area contributed by atoms with Crippen molar-refractivity contribution in [2.75, 3.05) is 33.8 Å². The van der Waals surface area contributed by atoms with Gasteiger partial charge in [0, 0.05) is 54.3 Å². The standard InChI is InChI=1S/C21H29ClN4O/c1-25(2)20-9-10-26(15-18(20)4-3-11-27)14-16-12-23-21(24-13-16)17-5-7-19(22)8-6-17/h5-8,12-13,18,20,27H,3-4,9-11,14-15H2,1-2H3/t18-,20+/m1/s1. The van der Waals surface area contributed by atoms with E-state index in [2.05, 4.69) is 33.9 Å². The maximum Gasteiger partial charge on any atom is 0.159 e. The predicted molar refractivity (Wildman–Crippen MR) is 110 cm³/mol. The molecule has 0 saturated carbocycles. The third-order valence-corrected chi connectivity index (χ3v) is 5.64. The minimum absolute atomic E-state index is 0.274. The molecule has 2 atom stereocenters. The van der Waals surface area contributed by atoms with Crippen LogP contribution in [-0.2, 0) is 6.54 Å². The van der Waals surface area contributed by atoms with Gasteiger partial charge in [0.1, 0.15) is 0 Å². The van der Waals surface area contributed by atoms with Crippen molar-refractivity contribution in [3.05, 3.63) is 47.2 Å². The molecule has 0 amide bonds. The van der Waals surface area contributed by atoms with E-state index in [1.807, 2.05) is 36.7 Å². The topological polar surface area (TPSA) is 52.5 Å². The van der Waals surface area contributed by atoms with Gasteiger partial charge in [-0.15, -0.1) is 0 Å². The Morgan fingerprint density at radius 3 is 2.52 bits per heavy atom. The van der Waals surface area contributed by atoms with Crippen LogP contribution in [0.5, 0.6) is 0 Å². The van der Waals surface area contributed by atoms with E-state index in [9.17, 15) is 5.11 Å². The monoisotopic (exact) mass is 388 g/mol. The van der Waals surface area contributed by atoms with Crippen molar-refractivity contribution in [3.8, 4) is 11.4 Å². The number of likely N-dealkylation sites (tertiary alicyclic amines) is 1. The van der Waals surface area contributed by atoms with E-state index in [0.29, 0.717) is 17.0 Å². The third kappa shape index (κ3) is 5.48. The number of aliphatic hydroxyl groups excluding tert-OH is 1. The van der Waals surface area contributed by atoms with Crippen molar-refractivity contribution >= 4 is 11.6 Å². The average Bonchev–Trinajstić information content (AvgIpc) is 2.67. The van der Waals surface area contributed by atoms with Gasteiger partial charge in [-0.1, -0.05) is 11.6 Å². The molecule has 5 nitrogen and oxygen atoms in total. The van der Waals surface area contributed by atoms with Crippen molar-refractivity contribution in [3.63, 3.8) is 0 Å². The molecule has 6 heteroatoms. The molecule has 1 aromatic heterocycles. The first kappa shape index (κ1) is 20.2. The zero-order valence-corrected chi connectivity index (χ0v) is 16.9. The molecule has 1 aliphatic rings. The fourth-order valence-electron chi connectivity index (χ4n) is 4.00. The molecule has 2 heterocycles. The van der Waals surface area contributed by atoms with Crippen LogP contribution in [0.25, 0.3) is 11.4 Å². The van der Waals surface area contributed by atoms with E-state index in [1.54, 1.807) is 0 Å². The first-order valence-electron chi connectivity index (χ1n) is 9.63. The summed E-state index contributed by atoms with van der Waals surface area (Å²) in [6, 6.07) is 8.19. The smallest absolute Gasteiger partial charge is 0.159 e. The molecular formula is C21H29ClN4O. The van der Waals surface area contributed by atoms with E-state index in [-0.39, 0.29) is 6.61 Å². The summed E-state index contributed by atoms with van der Waals surface area (Å²) in [5.41, 5.74) is 2.11. The second kappa shape index (κ2) is 9.60. The number of hydrogen-bond acceptors (Lipinski definition) is 5. The molecule has 0 aliphatic carbocycles. The van der Waals surface area contributed by atoms with Gasteiger partial charge in [-0.25, -0.2) is 9.97 Å². The minimum Gasteiger partial charge on any atom is -0.396 e. The highest BCUT2D eigenvalue weighted by atomic mass is 35.5. The Morgan fingerprint density at radius 2 is 1.89 bits per heavy atom. The van der Waals surface area contributed by atoms with Gasteiger partial charge in [0.15, 0.2) is 5.82 Å². The van der Waals surface area contributed by atoms with Crippen LogP contribution in [0, 0.1) is 5.92 Å². The van der Waals surface area contributed by atoms with Crippen molar-refractivity contribution in [2.24, 2.45) is 5.92 Å². The van der Waals surface area contributed by atoms with E-state index in [4.69, 9.17) is 11.6 Å². The number of piperidine rings is 1. The summed E-state index contributed by atoms with van der Waals surface area (Å²) in [5, 5.41) is 9.92. The van der Waals surface area contributed by atoms with Crippen LogP contribution < -0.4 is 0 Å². The highest BCUT2D eigenvalue weighted by Gasteiger charge is 2.30. The van der Waals surface area contributed by atoms with Crippen LogP contribution in [0.1, 0.15) is 24.8 Å². The Labute approximate surface area is 167 Å². The Bertz CT molecular complexity index is 705. The van der Waals surface area contributed by atoms with Crippen molar-refractivity contribution in [2.45, 2.75) is 31.8 Å². The van der Waals surface area contributed by atoms with Crippen LogP contribution in [0.2, 0.25) is 5.02 Å². The van der Waals surface area contributed by atoms with Gasteiger partial charge < -0.3 is 10.0 Å². The number of benzene rings is 1. The zero-order valence-electron chi connectivity index (χ0n) is 16.2. The maximum atomic E-state index is 9.21. The zero-order chi connectivity index (χ0) is 19.2. The molecule has 1 fully saturated rings. The Balaban J connectivity index is 1.62. The summed E-state index contributed by atoms with van der Waals surface area (Å²) in [7, 11) is 4.32. The highest BCUT2D eigenvalue weighted by Crippen LogP contribution is 2.26. The summed E-state index contributed by atoms with van der Waals surface area (Å²) in [6.07, 6.45) is 6.96. The lowest BCUT2D eigenvalue weighted by atomic mass is 9.87. The van der Waals surface area contributed by atoms with E-state index in [0.717, 1.165) is 55.8 Å². The second-order valence-electron chi connectivity index (χ2n) is 7.60. The van der Waals surface area contributed by atoms with Gasteiger partial charge in [-0.05, 0) is 70.1 Å². The number of halogens is 1. The molecule has 1 N–H and O–H groups in total. The van der Waals surface area contributed by atoms with E-state index in [1.165, 1.54) is 0 Å². The molecule has 146 valence electrons. The predicted octanol–water partition coefficient (Wildman–Crippen LogP) is 3.32. The molecule has 1 aromatic carbocycles. The number of rotatable bonds is 7. The summed E-state index contributed by atoms with van der Waals surface area (Å²) in [6.45, 7) is 3.28. The quantitative estimate of drug-likeness (QED) is 0.788. The molecule has 0 unspecified atom stereocenters. The highest BCUT2D eigenvalue weighted by molar-refractivity contribution is 6.30. The second-order valence-corrected chi connectivity index (χ2v) is 8.04. The maximum absolute atomic E-state index is 9.21. The molecule has 0 spiro atoms. The van der Waals surface area contributed by atoms with Crippen LogP contribution in [-0.4, -0.2) is 64.7 Å². The van der Waals surface area contributed by atoms with Gasteiger partial charge in [-0.3, -0.25) is 4.90 Å². The molecule has 27 heavy (non-hydrogen) atoms. The number of hydrogen-bond donors (Lipinski definition) is 1. The lowest BCUT2D eigenvalue weighted by Gasteiger charge is -2.41. The first-order valence-corrected chi connectivity index (χ1v) is 10.0. The molecule has 0 radical (unpaired) electrons. The lowest BCUT2D eigenvalue weighted by Crippen LogP contribution is -2.48. The van der Waals surface area contributed by atoms with Gasteiger partial charge >= 0.3 is 0 Å². The van der Waals surface area contributed by atoms with Crippen LogP contribution >= 0.6 is 11.6 Å². The number of nitrogens with zero attached hydrogens (tertiary/aromatic N) is 4. The molecule has 3 rings (SSSR count). The Kier molecular flexibility index (Phi) is 7.19. The van der Waals surface area contributed by atoms with Crippen molar-refractivity contribution in [1.82, 2.24) is 19.8 Å². The van der Waals surface area contributed by atoms with Gasteiger partial charge in [0.2, 0.25) is 0 Å². The van der Waals surface area contributed by atoms with Crippen LogP contribution in [0.4, 0.5) is 0 Å². The molecular weight excluding hydrogens is 360 g/mol. The van der Waals surface area contributed by atoms with Crippen LogP contribution in [0.3, 0.4) is 0 Å². The van der Waals surface area contributed by atoms with Crippen molar-refractivity contribution in [1.29, 1.82) is 0 Å². The molecule has 0 bridgehead atoms. The normalized spacial score (nSPS) is 20.9. The van der Waals surface area contributed by atoms with Gasteiger partial charge in [-0.2, -0.15) is 0 Å². The van der Waals surface area contributed by atoms with Crippen LogP contribution in [0.15, 0.2) is 36.7 Å². The number of aliphatic hydroxyl groups is 1. The molecule has 1 saturated heterocycles. The summed E-state index contributed by atoms with van der Waals surface area (Å²) < 4.78 is 0. The van der Waals surface area contributed by atoms with Gasteiger partial charge in [0.05, 0.1) is 0 Å². The largest absolute Gasteiger partial charge is 0.396 e. The SMILES string of the molecule is CN(C)[C@H]1CCN(Cc2cnc(-c3ccc(Cl)cc3)nc2)C[C@H]1CCCO. The van der Waals surface area contributed by atoms with E-state index >= 15 is 0 Å². The third-order valence-electron chi connectivity index (χ3n) is 5.39. The summed E-state index contributed by atoms with van der Waals surface area (Å²) >= 11 is 5.94. The number of aromatic nitrogens is 2. The fraction of sp³-hybridized carbons (Fsp3) is 0.524. The van der Waals surface area contributed by atoms with Crippen molar-refractivity contribution < 1.29 is 5.11 Å². The molecule has 2 aromatic rings. The summed E-state index contributed by atoms with van der Waals surface area (Å²) in [5.74, 6) is 1.32. The van der Waals surface area contributed by atoms with E-state index < -0.39 is 0 Å². The average molecular weight is 389 g/mol. The minimum atomic E-state index is 0.274. The lowest BCUT2D eigenvalue weighted by molar-refractivity contribution is 0.0716. The fourth-order valence-corrected chi connectivity index (χ4v) is 4.12. The first-order chi connectivity index (χ1) is 13.1. The van der Waals surface area contributed by atoms with Gasteiger partial charge in [0.25, 0.3) is 0 Å². The Morgan fingerprint density at radius 1 is 1.19 bits per heavy atom. The molecule has 1 aliphatic heterocycles.